The molecule has 1 fully saturated rings. The molecule has 18 heavy (non-hydrogen) atoms. The molecule has 1 aromatic rings. The zero-order valence-corrected chi connectivity index (χ0v) is 11.0. The Morgan fingerprint density at radius 2 is 1.83 bits per heavy atom. The molecule has 0 radical (unpaired) electrons. The SMILES string of the molecule is COc1c(F)c(Cl)cc(C2(N)CCCCC2)c1F. The Hall–Kier alpha value is -0.870. The number of benzene rings is 1. The summed E-state index contributed by atoms with van der Waals surface area (Å²) in [4.78, 5) is 0. The van der Waals surface area contributed by atoms with E-state index < -0.39 is 22.9 Å². The molecule has 0 unspecified atom stereocenters. The zero-order chi connectivity index (χ0) is 13.3. The lowest BCUT2D eigenvalue weighted by atomic mass is 9.77. The second kappa shape index (κ2) is 5.02. The van der Waals surface area contributed by atoms with Crippen LogP contribution in [0.15, 0.2) is 6.07 Å². The lowest BCUT2D eigenvalue weighted by Crippen LogP contribution is -2.39. The topological polar surface area (TPSA) is 35.2 Å². The molecular weight excluding hydrogens is 260 g/mol. The van der Waals surface area contributed by atoms with Gasteiger partial charge in [0.1, 0.15) is 0 Å². The summed E-state index contributed by atoms with van der Waals surface area (Å²) in [6.07, 6.45) is 4.32. The van der Waals surface area contributed by atoms with Gasteiger partial charge in [-0.05, 0) is 18.9 Å². The summed E-state index contributed by atoms with van der Waals surface area (Å²) in [5.74, 6) is -2.06. The Labute approximate surface area is 110 Å². The van der Waals surface area contributed by atoms with Crippen molar-refractivity contribution >= 4 is 11.6 Å². The maximum Gasteiger partial charge on any atom is 0.192 e. The van der Waals surface area contributed by atoms with Gasteiger partial charge in [-0.3, -0.25) is 0 Å². The van der Waals surface area contributed by atoms with Crippen molar-refractivity contribution in [3.8, 4) is 5.75 Å². The Bertz CT molecular complexity index is 459. The highest BCUT2D eigenvalue weighted by Crippen LogP contribution is 2.41. The highest BCUT2D eigenvalue weighted by Gasteiger charge is 2.34. The lowest BCUT2D eigenvalue weighted by Gasteiger charge is -2.34. The molecule has 0 spiro atoms. The van der Waals surface area contributed by atoms with Crippen molar-refractivity contribution in [2.45, 2.75) is 37.6 Å². The van der Waals surface area contributed by atoms with Gasteiger partial charge in [0.25, 0.3) is 0 Å². The van der Waals surface area contributed by atoms with Crippen LogP contribution in [0.2, 0.25) is 5.02 Å². The van der Waals surface area contributed by atoms with Gasteiger partial charge in [0, 0.05) is 11.1 Å². The van der Waals surface area contributed by atoms with Crippen molar-refractivity contribution in [2.75, 3.05) is 7.11 Å². The number of ether oxygens (including phenoxy) is 1. The van der Waals surface area contributed by atoms with Crippen LogP contribution in [0.5, 0.6) is 5.75 Å². The molecule has 5 heteroatoms. The van der Waals surface area contributed by atoms with Crippen LogP contribution in [0.3, 0.4) is 0 Å². The minimum atomic E-state index is -0.875. The molecule has 1 saturated carbocycles. The van der Waals surface area contributed by atoms with E-state index in [9.17, 15) is 8.78 Å². The largest absolute Gasteiger partial charge is 0.491 e. The molecule has 2 nitrogen and oxygen atoms in total. The van der Waals surface area contributed by atoms with E-state index in [-0.39, 0.29) is 10.6 Å². The van der Waals surface area contributed by atoms with E-state index in [1.165, 1.54) is 13.2 Å². The second-order valence-corrected chi connectivity index (χ2v) is 5.19. The van der Waals surface area contributed by atoms with Crippen LogP contribution in [0, 0.1) is 11.6 Å². The number of methoxy groups -OCH3 is 1. The minimum absolute atomic E-state index is 0.154. The summed E-state index contributed by atoms with van der Waals surface area (Å²) in [7, 11) is 1.21. The van der Waals surface area contributed by atoms with Gasteiger partial charge in [-0.25, -0.2) is 8.78 Å². The second-order valence-electron chi connectivity index (χ2n) is 4.78. The van der Waals surface area contributed by atoms with Gasteiger partial charge in [0.05, 0.1) is 12.1 Å². The molecule has 0 amide bonds. The Morgan fingerprint density at radius 3 is 2.39 bits per heavy atom. The first-order chi connectivity index (χ1) is 8.49. The number of halogens is 3. The third kappa shape index (κ3) is 2.19. The molecule has 0 atom stereocenters. The quantitative estimate of drug-likeness (QED) is 0.835. The van der Waals surface area contributed by atoms with Gasteiger partial charge in [-0.2, -0.15) is 0 Å². The van der Waals surface area contributed by atoms with E-state index in [0.29, 0.717) is 12.8 Å². The first-order valence-electron chi connectivity index (χ1n) is 6.00. The van der Waals surface area contributed by atoms with Crippen molar-refractivity contribution in [1.82, 2.24) is 0 Å². The van der Waals surface area contributed by atoms with Crippen LogP contribution in [0.4, 0.5) is 8.78 Å². The molecule has 2 N–H and O–H groups in total. The normalized spacial score (nSPS) is 18.7. The van der Waals surface area contributed by atoms with Gasteiger partial charge in [-0.1, -0.05) is 30.9 Å². The van der Waals surface area contributed by atoms with E-state index in [4.69, 9.17) is 22.1 Å². The third-order valence-electron chi connectivity index (χ3n) is 3.60. The first-order valence-corrected chi connectivity index (χ1v) is 6.38. The summed E-state index contributed by atoms with van der Waals surface area (Å²) in [6.45, 7) is 0. The zero-order valence-electron chi connectivity index (χ0n) is 10.2. The number of hydrogen-bond acceptors (Lipinski definition) is 2. The van der Waals surface area contributed by atoms with E-state index in [1.54, 1.807) is 0 Å². The van der Waals surface area contributed by atoms with Gasteiger partial charge in [0.2, 0.25) is 0 Å². The number of hydrogen-bond donors (Lipinski definition) is 1. The molecule has 0 aromatic heterocycles. The van der Waals surface area contributed by atoms with Crippen LogP contribution in [0.25, 0.3) is 0 Å². The minimum Gasteiger partial charge on any atom is -0.491 e. The molecule has 1 aromatic carbocycles. The maximum atomic E-state index is 14.2. The summed E-state index contributed by atoms with van der Waals surface area (Å²) in [5, 5.41) is -0.154. The van der Waals surface area contributed by atoms with E-state index in [2.05, 4.69) is 0 Å². The summed E-state index contributed by atoms with van der Waals surface area (Å²) < 4.78 is 32.6. The fourth-order valence-corrected chi connectivity index (χ4v) is 2.77. The molecule has 0 aliphatic heterocycles. The average Bonchev–Trinajstić information content (AvgIpc) is 2.35. The van der Waals surface area contributed by atoms with Crippen molar-refractivity contribution in [1.29, 1.82) is 0 Å². The first kappa shape index (κ1) is 13.6. The summed E-state index contributed by atoms with van der Waals surface area (Å²) in [5.41, 5.74) is 5.73. The van der Waals surface area contributed by atoms with Crippen molar-refractivity contribution < 1.29 is 13.5 Å². The predicted molar refractivity (Wildman–Crippen MR) is 66.9 cm³/mol. The molecular formula is C13H16ClF2NO. The number of rotatable bonds is 2. The van der Waals surface area contributed by atoms with Crippen LogP contribution in [-0.2, 0) is 5.54 Å². The van der Waals surface area contributed by atoms with Crippen LogP contribution in [-0.4, -0.2) is 7.11 Å². The van der Waals surface area contributed by atoms with E-state index in [0.717, 1.165) is 19.3 Å². The molecule has 0 bridgehead atoms. The smallest absolute Gasteiger partial charge is 0.192 e. The van der Waals surface area contributed by atoms with E-state index in [1.807, 2.05) is 0 Å². The maximum absolute atomic E-state index is 14.2. The molecule has 2 rings (SSSR count). The van der Waals surface area contributed by atoms with Crippen LogP contribution in [0.1, 0.15) is 37.7 Å². The fraction of sp³-hybridized carbons (Fsp3) is 0.538. The summed E-state index contributed by atoms with van der Waals surface area (Å²) >= 11 is 5.77. The van der Waals surface area contributed by atoms with Crippen molar-refractivity contribution in [3.63, 3.8) is 0 Å². The average molecular weight is 276 g/mol. The highest BCUT2D eigenvalue weighted by atomic mass is 35.5. The summed E-state index contributed by atoms with van der Waals surface area (Å²) in [6, 6.07) is 1.29. The molecule has 1 aliphatic carbocycles. The van der Waals surface area contributed by atoms with Crippen molar-refractivity contribution in [3.05, 3.63) is 28.3 Å². The Balaban J connectivity index is 2.53. The lowest BCUT2D eigenvalue weighted by molar-refractivity contribution is 0.284. The van der Waals surface area contributed by atoms with Gasteiger partial charge in [-0.15, -0.1) is 0 Å². The molecule has 0 heterocycles. The number of nitrogens with two attached hydrogens (primary N) is 1. The standard InChI is InChI=1S/C13H16ClF2NO/c1-18-12-10(15)8(7-9(14)11(12)16)13(17)5-3-2-4-6-13/h7H,2-6,17H2,1H3. The Morgan fingerprint density at radius 1 is 1.22 bits per heavy atom. The monoisotopic (exact) mass is 275 g/mol. The van der Waals surface area contributed by atoms with Gasteiger partial charge < -0.3 is 10.5 Å². The van der Waals surface area contributed by atoms with Crippen LogP contribution < -0.4 is 10.5 Å². The third-order valence-corrected chi connectivity index (χ3v) is 3.88. The Kier molecular flexibility index (Phi) is 3.78. The molecule has 0 saturated heterocycles. The van der Waals surface area contributed by atoms with Crippen molar-refractivity contribution in [2.24, 2.45) is 5.73 Å². The van der Waals surface area contributed by atoms with Gasteiger partial charge in [0.15, 0.2) is 17.4 Å². The molecule has 1 aliphatic rings. The fourth-order valence-electron chi connectivity index (χ4n) is 2.57. The van der Waals surface area contributed by atoms with Crippen LogP contribution >= 0.6 is 11.6 Å². The van der Waals surface area contributed by atoms with E-state index >= 15 is 0 Å². The van der Waals surface area contributed by atoms with Gasteiger partial charge >= 0.3 is 0 Å². The highest BCUT2D eigenvalue weighted by molar-refractivity contribution is 6.31. The molecule has 100 valence electrons. The predicted octanol–water partition coefficient (Wildman–Crippen LogP) is 3.74.